The van der Waals surface area contributed by atoms with Gasteiger partial charge in [-0.25, -0.2) is 4.98 Å². The zero-order valence-corrected chi connectivity index (χ0v) is 13.5. The molecular formula is C17H15N3O2S. The fraction of sp³-hybridized carbons (Fsp3) is 0.176. The molecule has 3 rings (SSSR count). The van der Waals surface area contributed by atoms with Gasteiger partial charge < -0.3 is 5.11 Å². The van der Waals surface area contributed by atoms with Crippen molar-refractivity contribution in [3.05, 3.63) is 48.9 Å². The van der Waals surface area contributed by atoms with Crippen LogP contribution in [0.2, 0.25) is 0 Å². The monoisotopic (exact) mass is 325 g/mol. The van der Waals surface area contributed by atoms with E-state index >= 15 is 0 Å². The Bertz CT molecular complexity index is 880. The Kier molecular flexibility index (Phi) is 4.00. The van der Waals surface area contributed by atoms with Crippen molar-refractivity contribution in [3.63, 3.8) is 0 Å². The maximum Gasteiger partial charge on any atom is 0.319 e. The maximum absolute atomic E-state index is 11.4. The molecule has 2 heterocycles. The Morgan fingerprint density at radius 1 is 1.13 bits per heavy atom. The lowest BCUT2D eigenvalue weighted by Gasteiger charge is -2.19. The molecule has 0 saturated carbocycles. The minimum atomic E-state index is -0.991. The summed E-state index contributed by atoms with van der Waals surface area (Å²) in [7, 11) is 0. The van der Waals surface area contributed by atoms with E-state index in [0.29, 0.717) is 10.7 Å². The summed E-state index contributed by atoms with van der Waals surface area (Å²) in [6.45, 7) is 3.30. The number of carboxylic acids is 1. The van der Waals surface area contributed by atoms with Gasteiger partial charge in [-0.1, -0.05) is 30.0 Å². The minimum Gasteiger partial charge on any atom is -0.480 e. The number of aromatic nitrogens is 3. The van der Waals surface area contributed by atoms with Crippen LogP contribution in [0.5, 0.6) is 0 Å². The first kappa shape index (κ1) is 15.4. The molecule has 0 amide bonds. The smallest absolute Gasteiger partial charge is 0.319 e. The molecule has 0 spiro atoms. The molecule has 0 aliphatic heterocycles. The molecule has 0 fully saturated rings. The minimum absolute atomic E-state index is 0.581. The molecule has 0 aliphatic carbocycles. The summed E-state index contributed by atoms with van der Waals surface area (Å²) in [6, 6.07) is 9.81. The molecule has 0 saturated heterocycles. The van der Waals surface area contributed by atoms with Crippen molar-refractivity contribution in [3.8, 4) is 11.3 Å². The molecule has 116 valence electrons. The van der Waals surface area contributed by atoms with E-state index in [-0.39, 0.29) is 0 Å². The number of benzene rings is 1. The lowest BCUT2D eigenvalue weighted by molar-refractivity contribution is -0.138. The number of rotatable bonds is 4. The Morgan fingerprint density at radius 3 is 2.65 bits per heavy atom. The summed E-state index contributed by atoms with van der Waals surface area (Å²) in [5, 5.41) is 10.9. The van der Waals surface area contributed by atoms with E-state index in [1.165, 1.54) is 11.8 Å². The van der Waals surface area contributed by atoms with Crippen LogP contribution in [0.4, 0.5) is 0 Å². The Hall–Kier alpha value is -2.47. The fourth-order valence-electron chi connectivity index (χ4n) is 2.08. The van der Waals surface area contributed by atoms with E-state index in [1.54, 1.807) is 32.4 Å². The summed E-state index contributed by atoms with van der Waals surface area (Å²) in [5.41, 5.74) is 2.37. The van der Waals surface area contributed by atoms with Gasteiger partial charge in [-0.3, -0.25) is 14.8 Å². The quantitative estimate of drug-likeness (QED) is 0.738. The molecule has 1 N–H and O–H groups in total. The number of fused-ring (bicyclic) bond motifs is 1. The van der Waals surface area contributed by atoms with Crippen LogP contribution in [0.15, 0.2) is 53.9 Å². The van der Waals surface area contributed by atoms with Crippen LogP contribution in [0.1, 0.15) is 13.8 Å². The number of hydrogen-bond acceptors (Lipinski definition) is 5. The highest BCUT2D eigenvalue weighted by molar-refractivity contribution is 8.01. The standard InChI is InChI=1S/C17H15N3O2S/c1-17(2,16(21)22)23-15-14(18-7-8-19-15)12-9-11-5-3-4-6-13(11)20-10-12/h3-10H,1-2H3,(H,21,22). The molecule has 1 aromatic carbocycles. The second kappa shape index (κ2) is 5.96. The van der Waals surface area contributed by atoms with Gasteiger partial charge in [0, 0.05) is 29.5 Å². The normalized spacial score (nSPS) is 11.6. The second-order valence-electron chi connectivity index (χ2n) is 5.54. The van der Waals surface area contributed by atoms with Gasteiger partial charge >= 0.3 is 5.97 Å². The van der Waals surface area contributed by atoms with Gasteiger partial charge in [-0.15, -0.1) is 0 Å². The van der Waals surface area contributed by atoms with Gasteiger partial charge in [-0.2, -0.15) is 0 Å². The van der Waals surface area contributed by atoms with Crippen LogP contribution in [-0.2, 0) is 4.79 Å². The Morgan fingerprint density at radius 2 is 1.87 bits per heavy atom. The highest BCUT2D eigenvalue weighted by Crippen LogP contribution is 2.36. The first-order chi connectivity index (χ1) is 11.0. The van der Waals surface area contributed by atoms with E-state index in [4.69, 9.17) is 0 Å². The average molecular weight is 325 g/mol. The predicted molar refractivity (Wildman–Crippen MR) is 90.3 cm³/mol. The molecule has 0 aliphatic rings. The lowest BCUT2D eigenvalue weighted by Crippen LogP contribution is -2.27. The predicted octanol–water partition coefficient (Wildman–Crippen LogP) is 3.65. The van der Waals surface area contributed by atoms with Gasteiger partial charge in [0.25, 0.3) is 0 Å². The first-order valence-electron chi connectivity index (χ1n) is 7.06. The highest BCUT2D eigenvalue weighted by atomic mass is 32.2. The van der Waals surface area contributed by atoms with Crippen molar-refractivity contribution in [2.24, 2.45) is 0 Å². The zero-order chi connectivity index (χ0) is 16.4. The Balaban J connectivity index is 2.07. The van der Waals surface area contributed by atoms with Gasteiger partial charge in [-0.05, 0) is 26.0 Å². The molecule has 23 heavy (non-hydrogen) atoms. The first-order valence-corrected chi connectivity index (χ1v) is 7.87. The van der Waals surface area contributed by atoms with Crippen molar-refractivity contribution in [1.82, 2.24) is 15.0 Å². The highest BCUT2D eigenvalue weighted by Gasteiger charge is 2.30. The van der Waals surface area contributed by atoms with Crippen LogP contribution in [0.3, 0.4) is 0 Å². The number of thioether (sulfide) groups is 1. The topological polar surface area (TPSA) is 76.0 Å². The lowest BCUT2D eigenvalue weighted by atomic mass is 10.1. The molecule has 0 radical (unpaired) electrons. The van der Waals surface area contributed by atoms with Crippen molar-refractivity contribution in [2.75, 3.05) is 0 Å². The largest absolute Gasteiger partial charge is 0.480 e. The fourth-order valence-corrected chi connectivity index (χ4v) is 3.04. The van der Waals surface area contributed by atoms with Crippen LogP contribution in [0.25, 0.3) is 22.2 Å². The van der Waals surface area contributed by atoms with Crippen molar-refractivity contribution in [1.29, 1.82) is 0 Å². The van der Waals surface area contributed by atoms with Gasteiger partial charge in [0.1, 0.15) is 15.5 Å². The van der Waals surface area contributed by atoms with Crippen molar-refractivity contribution < 1.29 is 9.90 Å². The van der Waals surface area contributed by atoms with E-state index in [2.05, 4.69) is 15.0 Å². The van der Waals surface area contributed by atoms with Crippen LogP contribution < -0.4 is 0 Å². The maximum atomic E-state index is 11.4. The molecule has 3 aromatic rings. The number of nitrogens with zero attached hydrogens (tertiary/aromatic N) is 3. The molecule has 0 atom stereocenters. The van der Waals surface area contributed by atoms with E-state index in [1.807, 2.05) is 30.3 Å². The molecule has 0 unspecified atom stereocenters. The molecule has 2 aromatic heterocycles. The summed E-state index contributed by atoms with van der Waals surface area (Å²) >= 11 is 1.18. The summed E-state index contributed by atoms with van der Waals surface area (Å²) < 4.78 is -0.991. The van der Waals surface area contributed by atoms with Gasteiger partial charge in [0.15, 0.2) is 0 Å². The van der Waals surface area contributed by atoms with E-state index in [9.17, 15) is 9.90 Å². The molecule has 6 heteroatoms. The number of carbonyl (C=O) groups is 1. The summed E-state index contributed by atoms with van der Waals surface area (Å²) in [6.07, 6.45) is 4.91. The van der Waals surface area contributed by atoms with Crippen LogP contribution in [-0.4, -0.2) is 30.8 Å². The second-order valence-corrected chi connectivity index (χ2v) is 7.16. The third-order valence-corrected chi connectivity index (χ3v) is 4.57. The Labute approximate surface area is 137 Å². The van der Waals surface area contributed by atoms with Gasteiger partial charge in [0.05, 0.1) is 5.52 Å². The summed E-state index contributed by atoms with van der Waals surface area (Å²) in [5.74, 6) is -0.893. The van der Waals surface area contributed by atoms with E-state index in [0.717, 1.165) is 16.5 Å². The van der Waals surface area contributed by atoms with Crippen molar-refractivity contribution >= 4 is 28.6 Å². The zero-order valence-electron chi connectivity index (χ0n) is 12.7. The number of carboxylic acid groups (broad SMARTS) is 1. The molecule has 0 bridgehead atoms. The SMILES string of the molecule is CC(C)(Sc1nccnc1-c1cnc2ccccc2c1)C(=O)O. The van der Waals surface area contributed by atoms with Crippen LogP contribution >= 0.6 is 11.8 Å². The number of para-hydroxylation sites is 1. The van der Waals surface area contributed by atoms with Crippen LogP contribution in [0, 0.1) is 0 Å². The molecule has 5 nitrogen and oxygen atoms in total. The number of pyridine rings is 1. The van der Waals surface area contributed by atoms with Crippen molar-refractivity contribution in [2.45, 2.75) is 23.6 Å². The molecular weight excluding hydrogens is 310 g/mol. The third kappa shape index (κ3) is 3.17. The number of aliphatic carboxylic acids is 1. The number of hydrogen-bond donors (Lipinski definition) is 1. The summed E-state index contributed by atoms with van der Waals surface area (Å²) in [4.78, 5) is 24.5. The van der Waals surface area contributed by atoms with E-state index < -0.39 is 10.7 Å². The third-order valence-electron chi connectivity index (χ3n) is 3.40. The average Bonchev–Trinajstić information content (AvgIpc) is 2.54. The van der Waals surface area contributed by atoms with Gasteiger partial charge in [0.2, 0.25) is 0 Å².